The Morgan fingerprint density at radius 2 is 2.27 bits per heavy atom. The molecule has 3 rings (SSSR count). The zero-order valence-corrected chi connectivity index (χ0v) is 7.88. The van der Waals surface area contributed by atoms with Crippen LogP contribution in [0.15, 0.2) is 31.0 Å². The van der Waals surface area contributed by atoms with Gasteiger partial charge in [0.1, 0.15) is 12.0 Å². The topological polar surface area (TPSA) is 59.4 Å². The van der Waals surface area contributed by atoms with Gasteiger partial charge in [0.05, 0.1) is 11.9 Å². The first-order valence-corrected chi connectivity index (χ1v) is 4.48. The van der Waals surface area contributed by atoms with E-state index in [9.17, 15) is 0 Å². The first kappa shape index (κ1) is 8.16. The Kier molecular flexibility index (Phi) is 1.58. The highest BCUT2D eigenvalue weighted by atomic mass is 15.1. The smallest absolute Gasteiger partial charge is 0.143 e. The van der Waals surface area contributed by atoms with Gasteiger partial charge in [0.25, 0.3) is 0 Å². The van der Waals surface area contributed by atoms with Crippen LogP contribution in [-0.2, 0) is 0 Å². The molecular weight excluding hydrogens is 190 g/mol. The molecule has 0 fully saturated rings. The predicted octanol–water partition coefficient (Wildman–Crippen LogP) is 1.46. The van der Waals surface area contributed by atoms with E-state index in [-0.39, 0.29) is 0 Å². The molecular formula is C10H8N5. The number of H-pyrrole nitrogens is 1. The average molecular weight is 198 g/mol. The van der Waals surface area contributed by atoms with Crippen molar-refractivity contribution in [2.75, 3.05) is 0 Å². The summed E-state index contributed by atoms with van der Waals surface area (Å²) in [7, 11) is 3.83. The van der Waals surface area contributed by atoms with Crippen LogP contribution in [-0.4, -0.2) is 24.7 Å². The quantitative estimate of drug-likeness (QED) is 0.644. The fourth-order valence-corrected chi connectivity index (χ4v) is 1.61. The van der Waals surface area contributed by atoms with Crippen LogP contribution in [0, 0.1) is 7.05 Å². The second-order valence-corrected chi connectivity index (χ2v) is 3.23. The minimum absolute atomic E-state index is 0.821. The summed E-state index contributed by atoms with van der Waals surface area (Å²) in [4.78, 5) is 8.42. The SMILES string of the molecule is [CH2]n1ccc2c(-c3cn[nH]c3)ncnc21. The normalized spacial score (nSPS) is 11.0. The summed E-state index contributed by atoms with van der Waals surface area (Å²) >= 11 is 0. The number of fused-ring (bicyclic) bond motifs is 1. The largest absolute Gasteiger partial charge is 0.331 e. The summed E-state index contributed by atoms with van der Waals surface area (Å²) in [6.07, 6.45) is 6.94. The van der Waals surface area contributed by atoms with E-state index < -0.39 is 0 Å². The van der Waals surface area contributed by atoms with E-state index in [1.807, 2.05) is 18.5 Å². The Balaban J connectivity index is 2.36. The Bertz CT molecular complexity index is 593. The Hall–Kier alpha value is -2.17. The van der Waals surface area contributed by atoms with Crippen molar-refractivity contribution in [2.24, 2.45) is 0 Å². The van der Waals surface area contributed by atoms with Crippen molar-refractivity contribution in [2.45, 2.75) is 0 Å². The van der Waals surface area contributed by atoms with E-state index in [1.165, 1.54) is 6.33 Å². The third-order valence-corrected chi connectivity index (χ3v) is 2.33. The van der Waals surface area contributed by atoms with Crippen molar-refractivity contribution >= 4 is 11.0 Å². The van der Waals surface area contributed by atoms with Crippen LogP contribution in [0.2, 0.25) is 0 Å². The molecule has 5 heteroatoms. The van der Waals surface area contributed by atoms with Crippen LogP contribution in [0.25, 0.3) is 22.3 Å². The van der Waals surface area contributed by atoms with Crippen LogP contribution >= 0.6 is 0 Å². The number of aromatic amines is 1. The van der Waals surface area contributed by atoms with E-state index in [1.54, 1.807) is 10.8 Å². The fraction of sp³-hybridized carbons (Fsp3) is 0. The van der Waals surface area contributed by atoms with Gasteiger partial charge < -0.3 is 4.57 Å². The van der Waals surface area contributed by atoms with E-state index in [2.05, 4.69) is 27.2 Å². The number of nitrogens with one attached hydrogen (secondary N) is 1. The second-order valence-electron chi connectivity index (χ2n) is 3.23. The monoisotopic (exact) mass is 198 g/mol. The third kappa shape index (κ3) is 1.13. The molecule has 0 unspecified atom stereocenters. The number of hydrogen-bond acceptors (Lipinski definition) is 3. The Labute approximate surface area is 85.8 Å². The van der Waals surface area contributed by atoms with Gasteiger partial charge in [-0.3, -0.25) is 5.10 Å². The van der Waals surface area contributed by atoms with Crippen LogP contribution in [0.4, 0.5) is 0 Å². The van der Waals surface area contributed by atoms with Gasteiger partial charge in [-0.25, -0.2) is 9.97 Å². The lowest BCUT2D eigenvalue weighted by molar-refractivity contribution is 1.08. The maximum Gasteiger partial charge on any atom is 0.143 e. The molecule has 0 amide bonds. The molecule has 3 aromatic rings. The maximum atomic E-state index is 4.25. The van der Waals surface area contributed by atoms with Crippen LogP contribution in [0.5, 0.6) is 0 Å². The van der Waals surface area contributed by atoms with E-state index in [0.717, 1.165) is 22.3 Å². The van der Waals surface area contributed by atoms with Gasteiger partial charge in [0.2, 0.25) is 0 Å². The molecule has 3 aromatic heterocycles. The number of hydrogen-bond donors (Lipinski definition) is 1. The number of aromatic nitrogens is 5. The van der Waals surface area contributed by atoms with Gasteiger partial charge >= 0.3 is 0 Å². The summed E-state index contributed by atoms with van der Waals surface area (Å²) in [5, 5.41) is 7.65. The third-order valence-electron chi connectivity index (χ3n) is 2.33. The lowest BCUT2D eigenvalue weighted by atomic mass is 10.2. The van der Waals surface area contributed by atoms with Crippen molar-refractivity contribution < 1.29 is 0 Å². The minimum atomic E-state index is 0.821. The summed E-state index contributed by atoms with van der Waals surface area (Å²) in [6.45, 7) is 0. The molecule has 0 saturated carbocycles. The Morgan fingerprint density at radius 1 is 1.33 bits per heavy atom. The fourth-order valence-electron chi connectivity index (χ4n) is 1.61. The zero-order valence-electron chi connectivity index (χ0n) is 7.88. The van der Waals surface area contributed by atoms with Crippen LogP contribution < -0.4 is 0 Å². The lowest BCUT2D eigenvalue weighted by Crippen LogP contribution is -1.89. The average Bonchev–Trinajstić information content (AvgIpc) is 2.88. The minimum Gasteiger partial charge on any atom is -0.331 e. The maximum absolute atomic E-state index is 4.25. The van der Waals surface area contributed by atoms with Crippen molar-refractivity contribution in [3.05, 3.63) is 38.0 Å². The van der Waals surface area contributed by atoms with E-state index in [0.29, 0.717) is 0 Å². The molecule has 0 saturated heterocycles. The van der Waals surface area contributed by atoms with E-state index in [4.69, 9.17) is 0 Å². The molecule has 0 spiro atoms. The summed E-state index contributed by atoms with van der Waals surface area (Å²) in [5.74, 6) is 0. The number of nitrogens with zero attached hydrogens (tertiary/aromatic N) is 4. The van der Waals surface area contributed by atoms with Gasteiger partial charge in [-0.05, 0) is 6.07 Å². The first-order chi connectivity index (χ1) is 7.36. The van der Waals surface area contributed by atoms with Gasteiger partial charge in [-0.15, -0.1) is 0 Å². The van der Waals surface area contributed by atoms with Gasteiger partial charge in [0, 0.05) is 30.4 Å². The number of rotatable bonds is 1. The van der Waals surface area contributed by atoms with E-state index >= 15 is 0 Å². The van der Waals surface area contributed by atoms with Crippen LogP contribution in [0.1, 0.15) is 0 Å². The molecule has 73 valence electrons. The molecule has 15 heavy (non-hydrogen) atoms. The molecule has 1 N–H and O–H groups in total. The highest BCUT2D eigenvalue weighted by Gasteiger charge is 2.08. The molecule has 0 atom stereocenters. The van der Waals surface area contributed by atoms with Gasteiger partial charge in [-0.2, -0.15) is 5.10 Å². The molecule has 5 nitrogen and oxygen atoms in total. The molecule has 0 bridgehead atoms. The zero-order chi connectivity index (χ0) is 10.3. The lowest BCUT2D eigenvalue weighted by Gasteiger charge is -1.98. The summed E-state index contributed by atoms with van der Waals surface area (Å²) in [5.41, 5.74) is 2.64. The summed E-state index contributed by atoms with van der Waals surface area (Å²) in [6, 6.07) is 1.95. The molecule has 1 radical (unpaired) electrons. The highest BCUT2D eigenvalue weighted by molar-refractivity contribution is 5.90. The van der Waals surface area contributed by atoms with Crippen molar-refractivity contribution in [1.29, 1.82) is 0 Å². The highest BCUT2D eigenvalue weighted by Crippen LogP contribution is 2.24. The summed E-state index contributed by atoms with van der Waals surface area (Å²) < 4.78 is 1.72. The van der Waals surface area contributed by atoms with Gasteiger partial charge in [-0.1, -0.05) is 0 Å². The van der Waals surface area contributed by atoms with Crippen molar-refractivity contribution in [1.82, 2.24) is 24.7 Å². The second kappa shape index (κ2) is 2.91. The standard InChI is InChI=1S/C10H8N5/c1-15-3-2-8-9(7-4-13-14-5-7)11-6-12-10(8)15/h2-6H,1H2,(H,13,14). The predicted molar refractivity (Wildman–Crippen MR) is 55.9 cm³/mol. The molecule has 0 aliphatic rings. The van der Waals surface area contributed by atoms with Gasteiger partial charge in [0.15, 0.2) is 0 Å². The molecule has 3 heterocycles. The van der Waals surface area contributed by atoms with Crippen molar-refractivity contribution in [3.8, 4) is 11.3 Å². The first-order valence-electron chi connectivity index (χ1n) is 4.48. The molecule has 0 aromatic carbocycles. The molecule has 0 aliphatic heterocycles. The molecule has 0 aliphatic carbocycles. The van der Waals surface area contributed by atoms with Crippen molar-refractivity contribution in [3.63, 3.8) is 0 Å². The van der Waals surface area contributed by atoms with Crippen LogP contribution in [0.3, 0.4) is 0 Å². The Morgan fingerprint density at radius 3 is 3.07 bits per heavy atom.